The van der Waals surface area contributed by atoms with E-state index in [-0.39, 0.29) is 0 Å². The van der Waals surface area contributed by atoms with Gasteiger partial charge in [0, 0.05) is 12.1 Å². The molecule has 0 saturated heterocycles. The quantitative estimate of drug-likeness (QED) is 0.760. The molecule has 16 heavy (non-hydrogen) atoms. The molecule has 0 amide bonds. The summed E-state index contributed by atoms with van der Waals surface area (Å²) in [4.78, 5) is 0. The highest BCUT2D eigenvalue weighted by molar-refractivity contribution is 4.90. The molecule has 1 N–H and O–H groups in total. The third-order valence-electron chi connectivity index (χ3n) is 4.95. The van der Waals surface area contributed by atoms with E-state index < -0.39 is 0 Å². The number of rotatable bonds is 4. The molecule has 2 aliphatic carbocycles. The van der Waals surface area contributed by atoms with Crippen molar-refractivity contribution in [1.29, 1.82) is 0 Å². The Hall–Kier alpha value is -0.0400. The molecule has 2 rings (SSSR count). The summed E-state index contributed by atoms with van der Waals surface area (Å²) < 4.78 is 0. The van der Waals surface area contributed by atoms with Gasteiger partial charge in [-0.05, 0) is 43.4 Å². The minimum atomic E-state index is 0.844. The normalized spacial score (nSPS) is 39.8. The van der Waals surface area contributed by atoms with Crippen LogP contribution in [0.3, 0.4) is 0 Å². The summed E-state index contributed by atoms with van der Waals surface area (Å²) in [5, 5.41) is 3.90. The zero-order chi connectivity index (χ0) is 11.5. The van der Waals surface area contributed by atoms with Crippen molar-refractivity contribution in [3.8, 4) is 0 Å². The summed E-state index contributed by atoms with van der Waals surface area (Å²) in [7, 11) is 0. The van der Waals surface area contributed by atoms with Crippen LogP contribution in [0.2, 0.25) is 0 Å². The van der Waals surface area contributed by atoms with Gasteiger partial charge in [-0.2, -0.15) is 0 Å². The van der Waals surface area contributed by atoms with Gasteiger partial charge in [0.25, 0.3) is 0 Å². The predicted octanol–water partition coefficient (Wildman–Crippen LogP) is 3.98. The second kappa shape index (κ2) is 5.53. The maximum atomic E-state index is 3.90. The average Bonchev–Trinajstić information content (AvgIpc) is 2.22. The molecule has 1 heteroatoms. The monoisotopic (exact) mass is 223 g/mol. The molecule has 0 aromatic carbocycles. The van der Waals surface area contributed by atoms with E-state index in [1.165, 1.54) is 44.9 Å². The zero-order valence-electron chi connectivity index (χ0n) is 11.3. The molecule has 94 valence electrons. The van der Waals surface area contributed by atoms with E-state index in [1.54, 1.807) is 0 Å². The van der Waals surface area contributed by atoms with Crippen molar-refractivity contribution in [2.45, 2.75) is 77.8 Å². The molecule has 2 unspecified atom stereocenters. The molecule has 2 aliphatic rings. The Bertz CT molecular complexity index is 205. The molecule has 2 saturated carbocycles. The molecular weight excluding hydrogens is 194 g/mol. The lowest BCUT2D eigenvalue weighted by atomic mass is 9.73. The van der Waals surface area contributed by atoms with Gasteiger partial charge in [-0.1, -0.05) is 40.0 Å². The smallest absolute Gasteiger partial charge is 0.00751 e. The van der Waals surface area contributed by atoms with E-state index in [4.69, 9.17) is 0 Å². The van der Waals surface area contributed by atoms with Crippen molar-refractivity contribution in [3.05, 3.63) is 0 Å². The maximum Gasteiger partial charge on any atom is 0.00751 e. The summed E-state index contributed by atoms with van der Waals surface area (Å²) >= 11 is 0. The largest absolute Gasteiger partial charge is 0.311 e. The zero-order valence-corrected chi connectivity index (χ0v) is 11.3. The van der Waals surface area contributed by atoms with Crippen molar-refractivity contribution in [2.75, 3.05) is 0 Å². The minimum Gasteiger partial charge on any atom is -0.311 e. The van der Waals surface area contributed by atoms with Crippen molar-refractivity contribution in [3.63, 3.8) is 0 Å². The predicted molar refractivity (Wildman–Crippen MR) is 70.5 cm³/mol. The van der Waals surface area contributed by atoms with Crippen LogP contribution in [0.15, 0.2) is 0 Å². The van der Waals surface area contributed by atoms with Crippen LogP contribution in [0.1, 0.15) is 65.7 Å². The molecule has 0 aliphatic heterocycles. The summed E-state index contributed by atoms with van der Waals surface area (Å²) in [6.07, 6.45) is 10.1. The lowest BCUT2D eigenvalue weighted by Crippen LogP contribution is -2.48. The molecule has 0 heterocycles. The number of hydrogen-bond acceptors (Lipinski definition) is 1. The molecule has 1 nitrogen and oxygen atoms in total. The van der Waals surface area contributed by atoms with Gasteiger partial charge in [-0.3, -0.25) is 0 Å². The molecule has 2 fully saturated rings. The number of nitrogens with one attached hydrogen (secondary N) is 1. The van der Waals surface area contributed by atoms with E-state index in [2.05, 4.69) is 26.1 Å². The highest BCUT2D eigenvalue weighted by Gasteiger charge is 2.33. The first-order valence-corrected chi connectivity index (χ1v) is 7.45. The van der Waals surface area contributed by atoms with Gasteiger partial charge >= 0.3 is 0 Å². The minimum absolute atomic E-state index is 0.844. The van der Waals surface area contributed by atoms with E-state index in [9.17, 15) is 0 Å². The fourth-order valence-corrected chi connectivity index (χ4v) is 3.49. The van der Waals surface area contributed by atoms with Gasteiger partial charge in [-0.15, -0.1) is 0 Å². The van der Waals surface area contributed by atoms with Crippen molar-refractivity contribution in [2.24, 2.45) is 17.8 Å². The lowest BCUT2D eigenvalue weighted by Gasteiger charge is -2.42. The SMILES string of the molecule is CCC1CCCC(NC2CC(C(C)C)C2)C1. The molecule has 0 bridgehead atoms. The standard InChI is InChI=1S/C15H29N/c1-4-12-6-5-7-14(8-12)16-15-9-13(10-15)11(2)3/h11-16H,4-10H2,1-3H3. The summed E-state index contributed by atoms with van der Waals surface area (Å²) in [6, 6.07) is 1.70. The molecule has 0 aromatic heterocycles. The molecular formula is C15H29N. The third-order valence-corrected chi connectivity index (χ3v) is 4.95. The Kier molecular flexibility index (Phi) is 4.29. The van der Waals surface area contributed by atoms with Crippen molar-refractivity contribution >= 4 is 0 Å². The Morgan fingerprint density at radius 1 is 1.06 bits per heavy atom. The second-order valence-electron chi connectivity index (χ2n) is 6.48. The van der Waals surface area contributed by atoms with Crippen LogP contribution in [0.5, 0.6) is 0 Å². The molecule has 0 spiro atoms. The average molecular weight is 223 g/mol. The summed E-state index contributed by atoms with van der Waals surface area (Å²) in [5.74, 6) is 2.91. The molecule has 0 aromatic rings. The number of hydrogen-bond donors (Lipinski definition) is 1. The van der Waals surface area contributed by atoms with Gasteiger partial charge < -0.3 is 5.32 Å². The van der Waals surface area contributed by atoms with Crippen LogP contribution < -0.4 is 5.32 Å². The van der Waals surface area contributed by atoms with Crippen LogP contribution in [-0.2, 0) is 0 Å². The van der Waals surface area contributed by atoms with Gasteiger partial charge in [0.2, 0.25) is 0 Å². The van der Waals surface area contributed by atoms with E-state index >= 15 is 0 Å². The third kappa shape index (κ3) is 3.00. The van der Waals surface area contributed by atoms with E-state index in [1.807, 2.05) is 0 Å². The highest BCUT2D eigenvalue weighted by Crippen LogP contribution is 2.35. The maximum absolute atomic E-state index is 3.90. The fourth-order valence-electron chi connectivity index (χ4n) is 3.49. The Balaban J connectivity index is 1.67. The second-order valence-corrected chi connectivity index (χ2v) is 6.48. The Labute approximate surface area is 101 Å². The van der Waals surface area contributed by atoms with Crippen LogP contribution in [-0.4, -0.2) is 12.1 Å². The Morgan fingerprint density at radius 3 is 2.44 bits per heavy atom. The summed E-state index contributed by atoms with van der Waals surface area (Å²) in [5.41, 5.74) is 0. The van der Waals surface area contributed by atoms with E-state index in [0.29, 0.717) is 0 Å². The van der Waals surface area contributed by atoms with Gasteiger partial charge in [0.1, 0.15) is 0 Å². The van der Waals surface area contributed by atoms with Gasteiger partial charge in [0.15, 0.2) is 0 Å². The topological polar surface area (TPSA) is 12.0 Å². The van der Waals surface area contributed by atoms with Crippen molar-refractivity contribution in [1.82, 2.24) is 5.32 Å². The van der Waals surface area contributed by atoms with Crippen LogP contribution in [0.25, 0.3) is 0 Å². The molecule has 2 atom stereocenters. The van der Waals surface area contributed by atoms with Gasteiger partial charge in [0.05, 0.1) is 0 Å². The Morgan fingerprint density at radius 2 is 1.81 bits per heavy atom. The summed E-state index contributed by atoms with van der Waals surface area (Å²) in [6.45, 7) is 7.09. The first-order chi connectivity index (χ1) is 7.69. The lowest BCUT2D eigenvalue weighted by molar-refractivity contribution is 0.140. The van der Waals surface area contributed by atoms with Crippen LogP contribution in [0, 0.1) is 17.8 Å². The van der Waals surface area contributed by atoms with Gasteiger partial charge in [-0.25, -0.2) is 0 Å². The molecule has 0 radical (unpaired) electrons. The highest BCUT2D eigenvalue weighted by atomic mass is 15.0. The fraction of sp³-hybridized carbons (Fsp3) is 1.00. The van der Waals surface area contributed by atoms with Crippen LogP contribution in [0.4, 0.5) is 0 Å². The van der Waals surface area contributed by atoms with Crippen molar-refractivity contribution < 1.29 is 0 Å². The first kappa shape index (κ1) is 12.4. The van der Waals surface area contributed by atoms with Crippen LogP contribution >= 0.6 is 0 Å². The first-order valence-electron chi connectivity index (χ1n) is 7.45. The van der Waals surface area contributed by atoms with E-state index in [0.717, 1.165) is 29.8 Å².